The van der Waals surface area contributed by atoms with Crippen molar-refractivity contribution in [2.75, 3.05) is 0 Å². The number of benzene rings is 1. The van der Waals surface area contributed by atoms with E-state index in [2.05, 4.69) is 26.1 Å². The zero-order valence-electron chi connectivity index (χ0n) is 8.37. The van der Waals surface area contributed by atoms with Crippen molar-refractivity contribution < 1.29 is 0 Å². The molecule has 1 heterocycles. The average Bonchev–Trinajstić information content (AvgIpc) is 2.65. The molecule has 15 heavy (non-hydrogen) atoms. The number of H-pyrrole nitrogens is 1. The van der Waals surface area contributed by atoms with Crippen molar-refractivity contribution in [2.45, 2.75) is 13.0 Å². The van der Waals surface area contributed by atoms with Gasteiger partial charge in [0.1, 0.15) is 0 Å². The van der Waals surface area contributed by atoms with E-state index in [4.69, 9.17) is 5.73 Å². The summed E-state index contributed by atoms with van der Waals surface area (Å²) in [5, 5.41) is 7.01. The minimum atomic E-state index is -0.0160. The maximum atomic E-state index is 5.86. The highest BCUT2D eigenvalue weighted by molar-refractivity contribution is 9.10. The zero-order valence-corrected chi connectivity index (χ0v) is 9.95. The Bertz CT molecular complexity index is 462. The summed E-state index contributed by atoms with van der Waals surface area (Å²) in [7, 11) is 0. The number of halogens is 1. The zero-order chi connectivity index (χ0) is 10.8. The molecule has 1 unspecified atom stereocenters. The molecular weight excluding hydrogens is 254 g/mol. The van der Waals surface area contributed by atoms with Crippen LogP contribution in [0.1, 0.15) is 18.5 Å². The molecule has 2 aromatic rings. The molecule has 0 radical (unpaired) electrons. The van der Waals surface area contributed by atoms with E-state index >= 15 is 0 Å². The van der Waals surface area contributed by atoms with Gasteiger partial charge in [0, 0.05) is 21.6 Å². The second-order valence-corrected chi connectivity index (χ2v) is 4.42. The average molecular weight is 266 g/mol. The summed E-state index contributed by atoms with van der Waals surface area (Å²) in [4.78, 5) is 0. The Kier molecular flexibility index (Phi) is 2.88. The third-order valence-electron chi connectivity index (χ3n) is 2.27. The van der Waals surface area contributed by atoms with Crippen molar-refractivity contribution >= 4 is 15.9 Å². The summed E-state index contributed by atoms with van der Waals surface area (Å²) >= 11 is 3.44. The van der Waals surface area contributed by atoms with Crippen LogP contribution in [0.5, 0.6) is 0 Å². The van der Waals surface area contributed by atoms with Gasteiger partial charge in [-0.05, 0) is 19.1 Å². The predicted octanol–water partition coefficient (Wildman–Crippen LogP) is 2.86. The van der Waals surface area contributed by atoms with E-state index in [1.807, 2.05) is 31.2 Å². The molecule has 2 rings (SSSR count). The first-order valence-corrected chi connectivity index (χ1v) is 5.52. The summed E-state index contributed by atoms with van der Waals surface area (Å²) in [6.45, 7) is 1.95. The van der Waals surface area contributed by atoms with Crippen LogP contribution in [0.2, 0.25) is 0 Å². The van der Waals surface area contributed by atoms with E-state index in [0.29, 0.717) is 0 Å². The Morgan fingerprint density at radius 1 is 1.47 bits per heavy atom. The summed E-state index contributed by atoms with van der Waals surface area (Å²) in [5.74, 6) is 0. The highest BCUT2D eigenvalue weighted by atomic mass is 79.9. The molecule has 0 aliphatic heterocycles. The van der Waals surface area contributed by atoms with Crippen LogP contribution < -0.4 is 5.73 Å². The van der Waals surface area contributed by atoms with Crippen molar-refractivity contribution in [3.8, 4) is 11.3 Å². The smallest absolute Gasteiger partial charge is 0.0698 e. The number of nitrogens with two attached hydrogens (primary N) is 1. The number of nitrogens with zero attached hydrogens (tertiary/aromatic N) is 1. The van der Waals surface area contributed by atoms with Gasteiger partial charge in [0.25, 0.3) is 0 Å². The molecule has 1 aromatic carbocycles. The maximum absolute atomic E-state index is 5.86. The van der Waals surface area contributed by atoms with E-state index in [0.717, 1.165) is 21.3 Å². The van der Waals surface area contributed by atoms with Crippen LogP contribution in [-0.2, 0) is 0 Å². The standard InChI is InChI=1S/C11H12BrN3/c1-7(13)10-6-14-15-11(10)8-3-2-4-9(12)5-8/h2-7H,13H2,1H3,(H,14,15). The Morgan fingerprint density at radius 2 is 2.27 bits per heavy atom. The number of hydrogen-bond donors (Lipinski definition) is 2. The lowest BCUT2D eigenvalue weighted by atomic mass is 10.0. The van der Waals surface area contributed by atoms with Crippen LogP contribution >= 0.6 is 15.9 Å². The van der Waals surface area contributed by atoms with Crippen LogP contribution in [0.25, 0.3) is 11.3 Å². The molecule has 0 aliphatic rings. The highest BCUT2D eigenvalue weighted by Crippen LogP contribution is 2.26. The van der Waals surface area contributed by atoms with Gasteiger partial charge < -0.3 is 5.73 Å². The molecule has 0 bridgehead atoms. The monoisotopic (exact) mass is 265 g/mol. The van der Waals surface area contributed by atoms with E-state index in [9.17, 15) is 0 Å². The third kappa shape index (κ3) is 2.11. The molecule has 3 N–H and O–H groups in total. The highest BCUT2D eigenvalue weighted by Gasteiger charge is 2.10. The lowest BCUT2D eigenvalue weighted by Crippen LogP contribution is -2.05. The van der Waals surface area contributed by atoms with Gasteiger partial charge in [0.2, 0.25) is 0 Å². The Labute approximate surface area is 96.8 Å². The van der Waals surface area contributed by atoms with Crippen LogP contribution in [-0.4, -0.2) is 10.2 Å². The fourth-order valence-corrected chi connectivity index (χ4v) is 1.92. The first kappa shape index (κ1) is 10.4. The molecule has 0 saturated carbocycles. The predicted molar refractivity (Wildman–Crippen MR) is 64.3 cm³/mol. The number of aromatic amines is 1. The molecular formula is C11H12BrN3. The van der Waals surface area contributed by atoms with Gasteiger partial charge in [0.15, 0.2) is 0 Å². The molecule has 0 fully saturated rings. The van der Waals surface area contributed by atoms with E-state index in [-0.39, 0.29) is 6.04 Å². The largest absolute Gasteiger partial charge is 0.324 e. The van der Waals surface area contributed by atoms with E-state index in [1.165, 1.54) is 0 Å². The molecule has 0 aliphatic carbocycles. The Morgan fingerprint density at radius 3 is 2.93 bits per heavy atom. The maximum Gasteiger partial charge on any atom is 0.0698 e. The van der Waals surface area contributed by atoms with Crippen molar-refractivity contribution in [3.05, 3.63) is 40.5 Å². The SMILES string of the molecule is CC(N)c1cn[nH]c1-c1cccc(Br)c1. The van der Waals surface area contributed by atoms with Crippen molar-refractivity contribution in [2.24, 2.45) is 5.73 Å². The normalized spacial score (nSPS) is 12.7. The van der Waals surface area contributed by atoms with Crippen LogP contribution in [0.15, 0.2) is 34.9 Å². The molecule has 0 amide bonds. The van der Waals surface area contributed by atoms with Gasteiger partial charge in [-0.1, -0.05) is 28.1 Å². The van der Waals surface area contributed by atoms with Crippen LogP contribution in [0.4, 0.5) is 0 Å². The lowest BCUT2D eigenvalue weighted by Gasteiger charge is -2.06. The molecule has 1 atom stereocenters. The first-order chi connectivity index (χ1) is 7.18. The minimum absolute atomic E-state index is 0.0160. The molecule has 3 nitrogen and oxygen atoms in total. The van der Waals surface area contributed by atoms with Gasteiger partial charge in [-0.25, -0.2) is 0 Å². The minimum Gasteiger partial charge on any atom is -0.324 e. The molecule has 0 saturated heterocycles. The Hall–Kier alpha value is -1.13. The quantitative estimate of drug-likeness (QED) is 0.878. The van der Waals surface area contributed by atoms with Crippen molar-refractivity contribution in [1.29, 1.82) is 0 Å². The first-order valence-electron chi connectivity index (χ1n) is 4.73. The fraction of sp³-hybridized carbons (Fsp3) is 0.182. The molecule has 4 heteroatoms. The van der Waals surface area contributed by atoms with Gasteiger partial charge >= 0.3 is 0 Å². The third-order valence-corrected chi connectivity index (χ3v) is 2.77. The van der Waals surface area contributed by atoms with Crippen LogP contribution in [0, 0.1) is 0 Å². The summed E-state index contributed by atoms with van der Waals surface area (Å²) in [6.07, 6.45) is 1.78. The van der Waals surface area contributed by atoms with Gasteiger partial charge in [-0.15, -0.1) is 0 Å². The summed E-state index contributed by atoms with van der Waals surface area (Å²) in [6, 6.07) is 8.04. The van der Waals surface area contributed by atoms with Crippen LogP contribution in [0.3, 0.4) is 0 Å². The number of nitrogens with one attached hydrogen (secondary N) is 1. The summed E-state index contributed by atoms with van der Waals surface area (Å²) < 4.78 is 1.05. The Balaban J connectivity index is 2.49. The molecule has 0 spiro atoms. The second kappa shape index (κ2) is 4.16. The summed E-state index contributed by atoms with van der Waals surface area (Å²) in [5.41, 5.74) is 8.98. The number of hydrogen-bond acceptors (Lipinski definition) is 2. The topological polar surface area (TPSA) is 54.7 Å². The fourth-order valence-electron chi connectivity index (χ4n) is 1.52. The van der Waals surface area contributed by atoms with Crippen molar-refractivity contribution in [3.63, 3.8) is 0 Å². The van der Waals surface area contributed by atoms with Gasteiger partial charge in [-0.2, -0.15) is 5.10 Å². The number of rotatable bonds is 2. The van der Waals surface area contributed by atoms with E-state index < -0.39 is 0 Å². The molecule has 78 valence electrons. The molecule has 1 aromatic heterocycles. The van der Waals surface area contributed by atoms with E-state index in [1.54, 1.807) is 6.20 Å². The van der Waals surface area contributed by atoms with Crippen molar-refractivity contribution in [1.82, 2.24) is 10.2 Å². The second-order valence-electron chi connectivity index (χ2n) is 3.50. The number of aromatic nitrogens is 2. The van der Waals surface area contributed by atoms with Gasteiger partial charge in [-0.3, -0.25) is 5.10 Å². The lowest BCUT2D eigenvalue weighted by molar-refractivity contribution is 0.821. The van der Waals surface area contributed by atoms with Gasteiger partial charge in [0.05, 0.1) is 11.9 Å².